The molecule has 18 heavy (non-hydrogen) atoms. The van der Waals surface area contributed by atoms with Crippen LogP contribution in [0.1, 0.15) is 24.2 Å². The van der Waals surface area contributed by atoms with Gasteiger partial charge in [0.05, 0.1) is 10.0 Å². The molecule has 0 bridgehead atoms. The highest BCUT2D eigenvalue weighted by Crippen LogP contribution is 2.18. The predicted octanol–water partition coefficient (Wildman–Crippen LogP) is 2.43. The molecule has 0 aromatic heterocycles. The number of carbonyl (C=O) groups is 2. The fourth-order valence-corrected chi connectivity index (χ4v) is 1.78. The van der Waals surface area contributed by atoms with Gasteiger partial charge in [0.15, 0.2) is 0 Å². The number of carboxylic acid groups (broad SMARTS) is 1. The Morgan fingerprint density at radius 2 is 2.00 bits per heavy atom. The van der Waals surface area contributed by atoms with Gasteiger partial charge in [-0.3, -0.25) is 4.79 Å². The Labute approximate surface area is 112 Å². The van der Waals surface area contributed by atoms with Crippen LogP contribution >= 0.6 is 15.9 Å². The summed E-state index contributed by atoms with van der Waals surface area (Å²) in [5.74, 6) is -2.88. The third kappa shape index (κ3) is 3.29. The van der Waals surface area contributed by atoms with Crippen LogP contribution in [0.3, 0.4) is 0 Å². The zero-order chi connectivity index (χ0) is 13.9. The third-order valence-electron chi connectivity index (χ3n) is 2.42. The first-order valence-electron chi connectivity index (χ1n) is 5.32. The van der Waals surface area contributed by atoms with E-state index in [0.29, 0.717) is 0 Å². The monoisotopic (exact) mass is 317 g/mol. The molecule has 0 saturated carbocycles. The first-order chi connectivity index (χ1) is 8.34. The van der Waals surface area contributed by atoms with Gasteiger partial charge < -0.3 is 10.4 Å². The summed E-state index contributed by atoms with van der Waals surface area (Å²) in [5.41, 5.74) is -0.184. The Hall–Kier alpha value is -1.43. The lowest BCUT2D eigenvalue weighted by molar-refractivity contribution is -0.140. The lowest BCUT2D eigenvalue weighted by Crippen LogP contribution is -2.44. The van der Waals surface area contributed by atoms with E-state index in [4.69, 9.17) is 5.11 Å². The van der Waals surface area contributed by atoms with Crippen LogP contribution in [-0.4, -0.2) is 23.0 Å². The minimum atomic E-state index is -1.14. The maximum absolute atomic E-state index is 13.6. The molecule has 1 aromatic carbocycles. The fourth-order valence-electron chi connectivity index (χ4n) is 1.41. The second-order valence-corrected chi connectivity index (χ2v) is 4.99. The largest absolute Gasteiger partial charge is 0.480 e. The average Bonchev–Trinajstić information content (AvgIpc) is 2.28. The first-order valence-corrected chi connectivity index (χ1v) is 6.11. The maximum Gasteiger partial charge on any atom is 0.326 e. The van der Waals surface area contributed by atoms with Gasteiger partial charge >= 0.3 is 5.97 Å². The molecule has 0 fully saturated rings. The smallest absolute Gasteiger partial charge is 0.326 e. The molecule has 0 aliphatic rings. The predicted molar refractivity (Wildman–Crippen MR) is 67.8 cm³/mol. The second kappa shape index (κ2) is 5.95. The Kier molecular flexibility index (Phi) is 4.84. The van der Waals surface area contributed by atoms with Crippen LogP contribution in [-0.2, 0) is 4.79 Å². The van der Waals surface area contributed by atoms with Gasteiger partial charge in [-0.05, 0) is 34.0 Å². The van der Waals surface area contributed by atoms with E-state index in [2.05, 4.69) is 21.2 Å². The number of amides is 1. The van der Waals surface area contributed by atoms with Crippen molar-refractivity contribution < 1.29 is 19.1 Å². The molecular weight excluding hydrogens is 305 g/mol. The normalized spacial score (nSPS) is 12.3. The van der Waals surface area contributed by atoms with Gasteiger partial charge in [0.2, 0.25) is 0 Å². The molecule has 0 saturated heterocycles. The van der Waals surface area contributed by atoms with Gasteiger partial charge in [0.1, 0.15) is 11.9 Å². The topological polar surface area (TPSA) is 66.4 Å². The van der Waals surface area contributed by atoms with Crippen LogP contribution in [0.4, 0.5) is 4.39 Å². The minimum Gasteiger partial charge on any atom is -0.480 e. The van der Waals surface area contributed by atoms with E-state index in [1.165, 1.54) is 18.2 Å². The van der Waals surface area contributed by atoms with Crippen LogP contribution < -0.4 is 5.32 Å². The van der Waals surface area contributed by atoms with Gasteiger partial charge in [-0.1, -0.05) is 19.9 Å². The highest BCUT2D eigenvalue weighted by Gasteiger charge is 2.25. The van der Waals surface area contributed by atoms with Crippen molar-refractivity contribution in [1.82, 2.24) is 5.32 Å². The highest BCUT2D eigenvalue weighted by molar-refractivity contribution is 9.10. The van der Waals surface area contributed by atoms with E-state index in [1.807, 2.05) is 0 Å². The Balaban J connectivity index is 2.94. The Morgan fingerprint density at radius 3 is 2.50 bits per heavy atom. The van der Waals surface area contributed by atoms with E-state index < -0.39 is 23.7 Å². The molecule has 98 valence electrons. The van der Waals surface area contributed by atoms with Crippen molar-refractivity contribution in [2.45, 2.75) is 19.9 Å². The summed E-state index contributed by atoms with van der Waals surface area (Å²) >= 11 is 2.97. The zero-order valence-electron chi connectivity index (χ0n) is 9.91. The molecule has 0 unspecified atom stereocenters. The number of benzene rings is 1. The molecule has 0 radical (unpaired) electrons. The summed E-state index contributed by atoms with van der Waals surface area (Å²) in [6.45, 7) is 3.33. The number of rotatable bonds is 4. The van der Waals surface area contributed by atoms with Crippen LogP contribution in [0.2, 0.25) is 0 Å². The van der Waals surface area contributed by atoms with Crippen molar-refractivity contribution in [2.75, 3.05) is 0 Å². The quantitative estimate of drug-likeness (QED) is 0.896. The van der Waals surface area contributed by atoms with E-state index in [-0.39, 0.29) is 16.0 Å². The average molecular weight is 318 g/mol. The van der Waals surface area contributed by atoms with Crippen molar-refractivity contribution in [3.05, 3.63) is 34.1 Å². The fraction of sp³-hybridized carbons (Fsp3) is 0.333. The summed E-state index contributed by atoms with van der Waals surface area (Å²) in [7, 11) is 0. The van der Waals surface area contributed by atoms with Crippen molar-refractivity contribution in [1.29, 1.82) is 0 Å². The van der Waals surface area contributed by atoms with Gasteiger partial charge in [-0.15, -0.1) is 0 Å². The lowest BCUT2D eigenvalue weighted by Gasteiger charge is -2.18. The third-order valence-corrected chi connectivity index (χ3v) is 3.03. The molecule has 0 spiro atoms. The lowest BCUT2D eigenvalue weighted by atomic mass is 10.0. The molecule has 0 heterocycles. The van der Waals surface area contributed by atoms with Gasteiger partial charge in [0, 0.05) is 0 Å². The standard InChI is InChI=1S/C12H13BrFNO3/c1-6(2)10(12(17)18)15-11(16)7-4-3-5-8(13)9(7)14/h3-6,10H,1-2H3,(H,15,16)(H,17,18)/t10-/m0/s1. The Morgan fingerprint density at radius 1 is 1.39 bits per heavy atom. The molecule has 4 nitrogen and oxygen atoms in total. The molecule has 0 aliphatic carbocycles. The van der Waals surface area contributed by atoms with E-state index >= 15 is 0 Å². The number of aliphatic carboxylic acids is 1. The van der Waals surface area contributed by atoms with E-state index in [1.54, 1.807) is 13.8 Å². The second-order valence-electron chi connectivity index (χ2n) is 4.13. The molecule has 2 N–H and O–H groups in total. The first kappa shape index (κ1) is 14.6. The zero-order valence-corrected chi connectivity index (χ0v) is 11.5. The minimum absolute atomic E-state index is 0.159. The molecule has 1 amide bonds. The number of carboxylic acids is 1. The van der Waals surface area contributed by atoms with Gasteiger partial charge in [-0.2, -0.15) is 0 Å². The molecule has 1 aromatic rings. The van der Waals surface area contributed by atoms with Crippen molar-refractivity contribution in [3.8, 4) is 0 Å². The molecule has 0 aliphatic heterocycles. The number of halogens is 2. The van der Waals surface area contributed by atoms with Crippen LogP contribution in [0.15, 0.2) is 22.7 Å². The Bertz CT molecular complexity index is 476. The summed E-state index contributed by atoms with van der Waals surface area (Å²) < 4.78 is 13.8. The molecular formula is C12H13BrFNO3. The summed E-state index contributed by atoms with van der Waals surface area (Å²) in [6, 6.07) is 3.22. The van der Waals surface area contributed by atoms with Crippen LogP contribution in [0.5, 0.6) is 0 Å². The number of carbonyl (C=O) groups excluding carboxylic acids is 1. The molecule has 1 rings (SSSR count). The van der Waals surface area contributed by atoms with Crippen LogP contribution in [0.25, 0.3) is 0 Å². The number of nitrogens with one attached hydrogen (secondary N) is 1. The SMILES string of the molecule is CC(C)[C@H](NC(=O)c1cccc(Br)c1F)C(=O)O. The number of hydrogen-bond acceptors (Lipinski definition) is 2. The van der Waals surface area contributed by atoms with Gasteiger partial charge in [0.25, 0.3) is 5.91 Å². The summed E-state index contributed by atoms with van der Waals surface area (Å²) in [6.07, 6.45) is 0. The summed E-state index contributed by atoms with van der Waals surface area (Å²) in [4.78, 5) is 22.7. The maximum atomic E-state index is 13.6. The van der Waals surface area contributed by atoms with Crippen molar-refractivity contribution >= 4 is 27.8 Å². The van der Waals surface area contributed by atoms with Gasteiger partial charge in [-0.25, -0.2) is 9.18 Å². The van der Waals surface area contributed by atoms with Crippen molar-refractivity contribution in [3.63, 3.8) is 0 Å². The van der Waals surface area contributed by atoms with E-state index in [9.17, 15) is 14.0 Å². The van der Waals surface area contributed by atoms with E-state index in [0.717, 1.165) is 0 Å². The summed E-state index contributed by atoms with van der Waals surface area (Å²) in [5, 5.41) is 11.2. The van der Waals surface area contributed by atoms with Crippen LogP contribution in [0, 0.1) is 11.7 Å². The molecule has 1 atom stereocenters. The highest BCUT2D eigenvalue weighted by atomic mass is 79.9. The molecule has 6 heteroatoms. The number of hydrogen-bond donors (Lipinski definition) is 2. The van der Waals surface area contributed by atoms with Crippen molar-refractivity contribution in [2.24, 2.45) is 5.92 Å².